The van der Waals surface area contributed by atoms with Crippen LogP contribution in [-0.4, -0.2) is 23.4 Å². The number of hydrogen-bond donors (Lipinski definition) is 3. The van der Waals surface area contributed by atoms with Crippen LogP contribution in [0.3, 0.4) is 0 Å². The molecule has 1 aliphatic carbocycles. The molecule has 3 aromatic heterocycles. The molecule has 190 valence electrons. The molecule has 0 unspecified atom stereocenters. The van der Waals surface area contributed by atoms with E-state index in [-0.39, 0.29) is 23.8 Å². The van der Waals surface area contributed by atoms with E-state index in [0.29, 0.717) is 35.4 Å². The maximum absolute atomic E-state index is 12.7. The predicted molar refractivity (Wildman–Crippen MR) is 134 cm³/mol. The largest absolute Gasteiger partial charge is 0.464 e. The first kappa shape index (κ1) is 24.1. The van der Waals surface area contributed by atoms with E-state index in [4.69, 9.17) is 13.3 Å². The molecule has 1 aromatic carbocycles. The van der Waals surface area contributed by atoms with Gasteiger partial charge in [0.1, 0.15) is 11.3 Å². The zero-order valence-corrected chi connectivity index (χ0v) is 20.7. The summed E-state index contributed by atoms with van der Waals surface area (Å²) >= 11 is 0. The molecular formula is C27H26N4O6. The molecule has 0 atom stereocenters. The van der Waals surface area contributed by atoms with E-state index in [1.807, 2.05) is 19.9 Å². The topological polar surface area (TPSA) is 139 Å². The van der Waals surface area contributed by atoms with E-state index in [0.717, 1.165) is 34.1 Å². The molecular weight excluding hydrogens is 476 g/mol. The van der Waals surface area contributed by atoms with Gasteiger partial charge in [0.2, 0.25) is 5.91 Å². The van der Waals surface area contributed by atoms with E-state index in [2.05, 4.69) is 27.4 Å². The molecule has 0 aliphatic heterocycles. The van der Waals surface area contributed by atoms with Crippen LogP contribution < -0.4 is 16.3 Å². The van der Waals surface area contributed by atoms with Crippen LogP contribution >= 0.6 is 0 Å². The lowest BCUT2D eigenvalue weighted by Gasteiger charge is -2.13. The van der Waals surface area contributed by atoms with Crippen molar-refractivity contribution >= 4 is 34.4 Å². The molecule has 37 heavy (non-hydrogen) atoms. The number of hydrazone groups is 1. The Morgan fingerprint density at radius 1 is 1.03 bits per heavy atom. The number of rotatable bonds is 5. The van der Waals surface area contributed by atoms with Crippen LogP contribution in [0.25, 0.3) is 11.0 Å². The summed E-state index contributed by atoms with van der Waals surface area (Å²) in [5, 5.41) is 5.31. The standard InChI is InChI=1S/C27H26N4O6/c1-14-10-15(2)23-17(13-36-21(23)11-14)12-22(32)29-28-18-6-4-7-19-24(18)16(3)25(37-19)27(34)31-30-26(33)20-8-5-9-35-20/h5,8-11,13H,4,6-7,12H2,1-3H3,(H,29,32)(H,30,33)(H,31,34)/b28-18+. The Morgan fingerprint density at radius 2 is 1.84 bits per heavy atom. The van der Waals surface area contributed by atoms with Crippen LogP contribution in [0.15, 0.2) is 55.1 Å². The van der Waals surface area contributed by atoms with Crippen molar-refractivity contribution in [3.63, 3.8) is 0 Å². The summed E-state index contributed by atoms with van der Waals surface area (Å²) < 4.78 is 16.5. The van der Waals surface area contributed by atoms with Gasteiger partial charge in [0.15, 0.2) is 11.5 Å². The van der Waals surface area contributed by atoms with Crippen LogP contribution in [-0.2, 0) is 17.6 Å². The minimum atomic E-state index is -0.604. The number of nitrogens with one attached hydrogen (secondary N) is 3. The van der Waals surface area contributed by atoms with Crippen molar-refractivity contribution in [2.45, 2.75) is 46.5 Å². The molecule has 10 heteroatoms. The van der Waals surface area contributed by atoms with Gasteiger partial charge in [-0.3, -0.25) is 25.2 Å². The molecule has 0 saturated carbocycles. The zero-order valence-electron chi connectivity index (χ0n) is 20.7. The van der Waals surface area contributed by atoms with Crippen molar-refractivity contribution in [1.82, 2.24) is 16.3 Å². The number of benzene rings is 1. The number of nitrogens with zero attached hydrogens (tertiary/aromatic N) is 1. The molecule has 0 saturated heterocycles. The second-order valence-corrected chi connectivity index (χ2v) is 9.08. The van der Waals surface area contributed by atoms with Crippen molar-refractivity contribution in [1.29, 1.82) is 0 Å². The van der Waals surface area contributed by atoms with Crippen LogP contribution in [0, 0.1) is 20.8 Å². The highest BCUT2D eigenvalue weighted by atomic mass is 16.4. The highest BCUT2D eigenvalue weighted by molar-refractivity contribution is 6.07. The third kappa shape index (κ3) is 4.77. The average molecular weight is 503 g/mol. The third-order valence-electron chi connectivity index (χ3n) is 6.33. The summed E-state index contributed by atoms with van der Waals surface area (Å²) in [7, 11) is 0. The first-order chi connectivity index (χ1) is 17.8. The summed E-state index contributed by atoms with van der Waals surface area (Å²) in [6, 6.07) is 7.05. The molecule has 0 fully saturated rings. The van der Waals surface area contributed by atoms with E-state index in [9.17, 15) is 14.4 Å². The van der Waals surface area contributed by atoms with Crippen molar-refractivity contribution in [3.05, 3.63) is 81.9 Å². The fraction of sp³-hybridized carbons (Fsp3) is 0.259. The zero-order chi connectivity index (χ0) is 26.1. The number of hydrazine groups is 1. The van der Waals surface area contributed by atoms with Crippen molar-refractivity contribution in [3.8, 4) is 0 Å². The predicted octanol–water partition coefficient (Wildman–Crippen LogP) is 4.02. The number of hydrogen-bond acceptors (Lipinski definition) is 7. The maximum Gasteiger partial charge on any atom is 0.305 e. The second-order valence-electron chi connectivity index (χ2n) is 9.08. The Kier molecular flexibility index (Phi) is 6.39. The lowest BCUT2D eigenvalue weighted by molar-refractivity contribution is -0.120. The first-order valence-corrected chi connectivity index (χ1v) is 11.9. The maximum atomic E-state index is 12.7. The third-order valence-corrected chi connectivity index (χ3v) is 6.33. The molecule has 0 bridgehead atoms. The summed E-state index contributed by atoms with van der Waals surface area (Å²) in [4.78, 5) is 37.5. The lowest BCUT2D eigenvalue weighted by atomic mass is 9.93. The molecule has 1 aliphatic rings. The second kappa shape index (κ2) is 9.81. The fourth-order valence-electron chi connectivity index (χ4n) is 4.74. The Hall–Kier alpha value is -4.60. The molecule has 0 radical (unpaired) electrons. The monoisotopic (exact) mass is 502 g/mol. The molecule has 5 rings (SSSR count). The van der Waals surface area contributed by atoms with Gasteiger partial charge in [-0.1, -0.05) is 6.07 Å². The van der Waals surface area contributed by atoms with Gasteiger partial charge in [0.25, 0.3) is 0 Å². The van der Waals surface area contributed by atoms with Crippen LogP contribution in [0.4, 0.5) is 0 Å². The molecule has 0 spiro atoms. The number of furan rings is 3. The minimum Gasteiger partial charge on any atom is -0.464 e. The van der Waals surface area contributed by atoms with E-state index < -0.39 is 11.8 Å². The number of carbonyl (C=O) groups excluding carboxylic acids is 3. The molecule has 3 N–H and O–H groups in total. The fourth-order valence-corrected chi connectivity index (χ4v) is 4.74. The summed E-state index contributed by atoms with van der Waals surface area (Å²) in [6.45, 7) is 5.74. The van der Waals surface area contributed by atoms with E-state index >= 15 is 0 Å². The van der Waals surface area contributed by atoms with Gasteiger partial charge in [-0.25, -0.2) is 5.43 Å². The number of aryl methyl sites for hydroxylation is 3. The molecule has 4 aromatic rings. The van der Waals surface area contributed by atoms with Crippen molar-refractivity contribution in [2.75, 3.05) is 0 Å². The SMILES string of the molecule is Cc1cc(C)c2c(CC(=O)N/N=C3\CCCc4oc(C(=O)NNC(=O)c5ccco5)c(C)c43)coc2c1. The Morgan fingerprint density at radius 3 is 2.62 bits per heavy atom. The minimum absolute atomic E-state index is 0.0645. The lowest BCUT2D eigenvalue weighted by Crippen LogP contribution is -2.41. The summed E-state index contributed by atoms with van der Waals surface area (Å²) in [5.41, 5.74) is 12.9. The Bertz CT molecular complexity index is 1540. The van der Waals surface area contributed by atoms with Crippen LogP contribution in [0.5, 0.6) is 0 Å². The highest BCUT2D eigenvalue weighted by Gasteiger charge is 2.28. The number of amides is 3. The van der Waals surface area contributed by atoms with Crippen LogP contribution in [0.1, 0.15) is 67.5 Å². The Labute approximate surface area is 212 Å². The van der Waals surface area contributed by atoms with E-state index in [1.165, 1.54) is 12.3 Å². The van der Waals surface area contributed by atoms with Gasteiger partial charge >= 0.3 is 11.8 Å². The quantitative estimate of drug-likeness (QED) is 0.352. The average Bonchev–Trinajstić information content (AvgIpc) is 3.61. The summed E-state index contributed by atoms with van der Waals surface area (Å²) in [6.07, 6.45) is 5.11. The molecule has 3 heterocycles. The van der Waals surface area contributed by atoms with Gasteiger partial charge < -0.3 is 13.3 Å². The van der Waals surface area contributed by atoms with Gasteiger partial charge in [0, 0.05) is 28.5 Å². The number of fused-ring (bicyclic) bond motifs is 2. The molecule has 3 amide bonds. The highest BCUT2D eigenvalue weighted by Crippen LogP contribution is 2.30. The molecule has 10 nitrogen and oxygen atoms in total. The summed E-state index contributed by atoms with van der Waals surface area (Å²) in [5.74, 6) is -0.718. The van der Waals surface area contributed by atoms with E-state index in [1.54, 1.807) is 19.3 Å². The van der Waals surface area contributed by atoms with Crippen molar-refractivity contribution < 1.29 is 27.6 Å². The van der Waals surface area contributed by atoms with Gasteiger partial charge in [-0.05, 0) is 62.9 Å². The van der Waals surface area contributed by atoms with Crippen LogP contribution in [0.2, 0.25) is 0 Å². The smallest absolute Gasteiger partial charge is 0.305 e. The first-order valence-electron chi connectivity index (χ1n) is 11.9. The van der Waals surface area contributed by atoms with Crippen molar-refractivity contribution in [2.24, 2.45) is 5.10 Å². The number of carbonyl (C=O) groups is 3. The van der Waals surface area contributed by atoms with Gasteiger partial charge in [-0.2, -0.15) is 5.10 Å². The van der Waals surface area contributed by atoms with Gasteiger partial charge in [-0.15, -0.1) is 0 Å². The van der Waals surface area contributed by atoms with Gasteiger partial charge in [0.05, 0.1) is 24.7 Å². The Balaban J connectivity index is 1.29. The normalized spacial score (nSPS) is 14.0.